The molecule has 0 radical (unpaired) electrons. The highest BCUT2D eigenvalue weighted by Crippen LogP contribution is 2.27. The lowest BCUT2D eigenvalue weighted by Gasteiger charge is -2.08. The zero-order chi connectivity index (χ0) is 18.6. The van der Waals surface area contributed by atoms with Crippen LogP contribution in [0.1, 0.15) is 15.9 Å². The van der Waals surface area contributed by atoms with Gasteiger partial charge in [-0.15, -0.1) is 0 Å². The second-order valence-electron chi connectivity index (χ2n) is 6.13. The molecule has 0 saturated carbocycles. The first-order valence-corrected chi connectivity index (χ1v) is 8.65. The Hall–Kier alpha value is -3.66. The van der Waals surface area contributed by atoms with Crippen molar-refractivity contribution in [3.63, 3.8) is 0 Å². The first kappa shape index (κ1) is 16.8. The van der Waals surface area contributed by atoms with Gasteiger partial charge in [0.1, 0.15) is 5.75 Å². The molecule has 0 aliphatic rings. The number of benzene rings is 4. The highest BCUT2D eigenvalue weighted by Gasteiger charge is 2.10. The van der Waals surface area contributed by atoms with Crippen molar-refractivity contribution in [1.29, 1.82) is 0 Å². The molecule has 0 aliphatic carbocycles. The van der Waals surface area contributed by atoms with E-state index in [9.17, 15) is 4.79 Å². The highest BCUT2D eigenvalue weighted by molar-refractivity contribution is 6.13. The van der Waals surface area contributed by atoms with Crippen molar-refractivity contribution in [1.82, 2.24) is 5.43 Å². The van der Waals surface area contributed by atoms with Gasteiger partial charge in [-0.2, -0.15) is 5.10 Å². The van der Waals surface area contributed by atoms with Gasteiger partial charge < -0.3 is 4.74 Å². The summed E-state index contributed by atoms with van der Waals surface area (Å²) < 4.78 is 5.23. The molecule has 4 rings (SSSR count). The number of fused-ring (bicyclic) bond motifs is 2. The highest BCUT2D eigenvalue weighted by atomic mass is 16.5. The fraction of sp³-hybridized carbons (Fsp3) is 0.0435. The van der Waals surface area contributed by atoms with E-state index in [1.807, 2.05) is 30.3 Å². The molecule has 0 heterocycles. The molecule has 4 aromatic carbocycles. The van der Waals surface area contributed by atoms with Crippen molar-refractivity contribution in [2.24, 2.45) is 5.10 Å². The Morgan fingerprint density at radius 3 is 2.15 bits per heavy atom. The number of hydrazone groups is 1. The Labute approximate surface area is 157 Å². The second kappa shape index (κ2) is 7.30. The van der Waals surface area contributed by atoms with Crippen LogP contribution in [0, 0.1) is 0 Å². The van der Waals surface area contributed by atoms with E-state index in [1.165, 1.54) is 7.11 Å². The molecular weight excluding hydrogens is 336 g/mol. The maximum Gasteiger partial charge on any atom is 0.275 e. The van der Waals surface area contributed by atoms with Gasteiger partial charge in [-0.1, -0.05) is 60.7 Å². The lowest BCUT2D eigenvalue weighted by atomic mass is 9.97. The van der Waals surface area contributed by atoms with Gasteiger partial charge in [0.25, 0.3) is 5.91 Å². The van der Waals surface area contributed by atoms with Crippen LogP contribution in [-0.4, -0.2) is 19.2 Å². The molecule has 0 aliphatic heterocycles. The number of rotatable bonds is 4. The van der Waals surface area contributed by atoms with Crippen molar-refractivity contribution < 1.29 is 9.53 Å². The largest absolute Gasteiger partial charge is 0.496 e. The third kappa shape index (κ3) is 3.25. The number of para-hydroxylation sites is 1. The molecule has 0 atom stereocenters. The minimum absolute atomic E-state index is 0.312. The minimum atomic E-state index is -0.312. The van der Waals surface area contributed by atoms with E-state index in [1.54, 1.807) is 24.4 Å². The van der Waals surface area contributed by atoms with Gasteiger partial charge in [0, 0.05) is 5.56 Å². The topological polar surface area (TPSA) is 50.7 Å². The van der Waals surface area contributed by atoms with Crippen LogP contribution in [0.25, 0.3) is 21.5 Å². The number of nitrogens with zero attached hydrogens (tertiary/aromatic N) is 1. The summed E-state index contributed by atoms with van der Waals surface area (Å²) in [6, 6.07) is 25.5. The summed E-state index contributed by atoms with van der Waals surface area (Å²) in [4.78, 5) is 12.4. The third-order valence-corrected chi connectivity index (χ3v) is 4.52. The molecule has 27 heavy (non-hydrogen) atoms. The Balaban J connectivity index is 1.71. The summed E-state index contributed by atoms with van der Waals surface area (Å²) in [5.41, 5.74) is 4.02. The Morgan fingerprint density at radius 1 is 0.889 bits per heavy atom. The Bertz CT molecular complexity index is 1110. The van der Waals surface area contributed by atoms with Crippen molar-refractivity contribution >= 4 is 33.7 Å². The smallest absolute Gasteiger partial charge is 0.275 e. The number of amides is 1. The number of hydrogen-bond donors (Lipinski definition) is 1. The van der Waals surface area contributed by atoms with Crippen LogP contribution in [0.5, 0.6) is 5.75 Å². The maximum absolute atomic E-state index is 12.4. The van der Waals surface area contributed by atoms with Gasteiger partial charge in [-0.25, -0.2) is 5.43 Å². The molecule has 4 heteroatoms. The van der Waals surface area contributed by atoms with E-state index in [-0.39, 0.29) is 5.91 Å². The van der Waals surface area contributed by atoms with Gasteiger partial charge >= 0.3 is 0 Å². The molecule has 0 bridgehead atoms. The van der Waals surface area contributed by atoms with Crippen molar-refractivity contribution in [2.45, 2.75) is 0 Å². The number of carbonyl (C=O) groups excluding carboxylic acids is 1. The monoisotopic (exact) mass is 354 g/mol. The number of ether oxygens (including phenoxy) is 1. The van der Waals surface area contributed by atoms with Crippen molar-refractivity contribution in [3.05, 3.63) is 90.0 Å². The maximum atomic E-state index is 12.4. The fourth-order valence-corrected chi connectivity index (χ4v) is 3.24. The van der Waals surface area contributed by atoms with Crippen LogP contribution < -0.4 is 10.2 Å². The predicted octanol–water partition coefficient (Wildman–Crippen LogP) is 4.77. The van der Waals surface area contributed by atoms with Crippen LogP contribution >= 0.6 is 0 Å². The number of hydrogen-bond acceptors (Lipinski definition) is 3. The molecule has 1 amide bonds. The summed E-state index contributed by atoms with van der Waals surface area (Å²) in [5.74, 6) is 0.203. The van der Waals surface area contributed by atoms with E-state index < -0.39 is 0 Å². The lowest BCUT2D eigenvalue weighted by Crippen LogP contribution is -2.18. The van der Waals surface area contributed by atoms with Crippen molar-refractivity contribution in [2.75, 3.05) is 7.11 Å². The minimum Gasteiger partial charge on any atom is -0.496 e. The molecular formula is C23H18N2O2. The molecule has 4 aromatic rings. The van der Waals surface area contributed by atoms with Gasteiger partial charge in [-0.3, -0.25) is 4.79 Å². The van der Waals surface area contributed by atoms with Gasteiger partial charge in [0.2, 0.25) is 0 Å². The quantitative estimate of drug-likeness (QED) is 0.326. The Kier molecular flexibility index (Phi) is 4.54. The molecule has 0 aromatic heterocycles. The molecule has 0 saturated heterocycles. The van der Waals surface area contributed by atoms with E-state index in [4.69, 9.17) is 4.74 Å². The first-order chi connectivity index (χ1) is 13.3. The standard InChI is InChI=1S/C23H18N2O2/c1-27-22-13-7-6-12-20(22)23(26)25-24-15-21-18-10-4-2-8-16(18)14-17-9-3-5-11-19(17)21/h2-15H,1H3,(H,25,26)/b24-15+. The van der Waals surface area contributed by atoms with E-state index in [2.05, 4.69) is 40.9 Å². The van der Waals surface area contributed by atoms with Gasteiger partial charge in [-0.05, 0) is 39.7 Å². The van der Waals surface area contributed by atoms with E-state index in [0.717, 1.165) is 27.1 Å². The summed E-state index contributed by atoms with van der Waals surface area (Å²) in [5, 5.41) is 8.66. The van der Waals surface area contributed by atoms with Crippen LogP contribution in [0.4, 0.5) is 0 Å². The summed E-state index contributed by atoms with van der Waals surface area (Å²) >= 11 is 0. The molecule has 132 valence electrons. The second-order valence-corrected chi connectivity index (χ2v) is 6.13. The van der Waals surface area contributed by atoms with Crippen LogP contribution in [0.2, 0.25) is 0 Å². The Morgan fingerprint density at radius 2 is 1.48 bits per heavy atom. The van der Waals surface area contributed by atoms with E-state index in [0.29, 0.717) is 11.3 Å². The number of methoxy groups -OCH3 is 1. The third-order valence-electron chi connectivity index (χ3n) is 4.52. The molecule has 0 unspecified atom stereocenters. The zero-order valence-corrected chi connectivity index (χ0v) is 14.8. The fourth-order valence-electron chi connectivity index (χ4n) is 3.24. The number of nitrogens with one attached hydrogen (secondary N) is 1. The average Bonchev–Trinajstić information content (AvgIpc) is 2.73. The molecule has 4 nitrogen and oxygen atoms in total. The summed E-state index contributed by atoms with van der Waals surface area (Å²) in [6.07, 6.45) is 1.71. The number of carbonyl (C=O) groups is 1. The normalized spacial score (nSPS) is 11.1. The van der Waals surface area contributed by atoms with Crippen LogP contribution in [0.3, 0.4) is 0 Å². The summed E-state index contributed by atoms with van der Waals surface area (Å²) in [7, 11) is 1.54. The van der Waals surface area contributed by atoms with Crippen molar-refractivity contribution in [3.8, 4) is 5.75 Å². The molecule has 0 spiro atoms. The van der Waals surface area contributed by atoms with Gasteiger partial charge in [0.05, 0.1) is 18.9 Å². The van der Waals surface area contributed by atoms with E-state index >= 15 is 0 Å². The van der Waals surface area contributed by atoms with Gasteiger partial charge in [0.15, 0.2) is 0 Å². The molecule has 0 fully saturated rings. The lowest BCUT2D eigenvalue weighted by molar-refractivity contribution is 0.0952. The zero-order valence-electron chi connectivity index (χ0n) is 14.8. The first-order valence-electron chi connectivity index (χ1n) is 8.65. The molecule has 1 N–H and O–H groups in total. The van der Waals surface area contributed by atoms with Crippen LogP contribution in [0.15, 0.2) is 84.0 Å². The average molecular weight is 354 g/mol. The summed E-state index contributed by atoms with van der Waals surface area (Å²) in [6.45, 7) is 0. The predicted molar refractivity (Wildman–Crippen MR) is 110 cm³/mol. The van der Waals surface area contributed by atoms with Crippen LogP contribution in [-0.2, 0) is 0 Å². The SMILES string of the molecule is COc1ccccc1C(=O)N/N=C/c1c2ccccc2cc2ccccc12.